The van der Waals surface area contributed by atoms with Crippen molar-refractivity contribution in [2.24, 2.45) is 5.73 Å². The van der Waals surface area contributed by atoms with Crippen molar-refractivity contribution in [2.75, 3.05) is 32.1 Å². The zero-order chi connectivity index (χ0) is 11.3. The second-order valence-electron chi connectivity index (χ2n) is 3.38. The number of methoxy groups -OCH3 is 1. The molecule has 0 amide bonds. The predicted octanol–water partition coefficient (Wildman–Crippen LogP) is 2.13. The minimum atomic E-state index is 0.693. The molecule has 2 N–H and O–H groups in total. The molecule has 4 heteroatoms. The highest BCUT2D eigenvalue weighted by Gasteiger charge is 2.06. The number of hydrogen-bond donors (Lipinski definition) is 1. The molecule has 0 saturated heterocycles. The molecule has 0 radical (unpaired) electrons. The maximum atomic E-state index is 6.13. The fourth-order valence-electron chi connectivity index (χ4n) is 1.37. The van der Waals surface area contributed by atoms with Crippen molar-refractivity contribution in [3.05, 3.63) is 23.2 Å². The van der Waals surface area contributed by atoms with Crippen LogP contribution in [0.1, 0.15) is 6.42 Å². The Morgan fingerprint density at radius 3 is 2.73 bits per heavy atom. The molecule has 1 aromatic carbocycles. The smallest absolute Gasteiger partial charge is 0.120 e. The molecule has 15 heavy (non-hydrogen) atoms. The number of nitrogens with two attached hydrogens (primary N) is 1. The van der Waals surface area contributed by atoms with Gasteiger partial charge in [-0.15, -0.1) is 0 Å². The number of hydrogen-bond acceptors (Lipinski definition) is 3. The molecule has 0 saturated carbocycles. The minimum Gasteiger partial charge on any atom is -0.497 e. The molecule has 0 spiro atoms. The van der Waals surface area contributed by atoms with E-state index in [0.717, 1.165) is 24.4 Å². The lowest BCUT2D eigenvalue weighted by Gasteiger charge is -2.20. The molecule has 0 atom stereocenters. The number of halogens is 1. The van der Waals surface area contributed by atoms with Gasteiger partial charge in [0.1, 0.15) is 5.75 Å². The summed E-state index contributed by atoms with van der Waals surface area (Å²) in [6, 6.07) is 5.67. The van der Waals surface area contributed by atoms with Gasteiger partial charge in [-0.1, -0.05) is 11.6 Å². The van der Waals surface area contributed by atoms with Gasteiger partial charge in [0.05, 0.1) is 17.8 Å². The van der Waals surface area contributed by atoms with E-state index in [-0.39, 0.29) is 0 Å². The molecule has 0 aromatic heterocycles. The number of benzene rings is 1. The summed E-state index contributed by atoms with van der Waals surface area (Å²) in [5.74, 6) is 0.774. The number of anilines is 1. The maximum Gasteiger partial charge on any atom is 0.120 e. The van der Waals surface area contributed by atoms with Crippen LogP contribution < -0.4 is 15.4 Å². The van der Waals surface area contributed by atoms with Gasteiger partial charge in [-0.2, -0.15) is 0 Å². The molecule has 1 aromatic rings. The Morgan fingerprint density at radius 2 is 2.20 bits per heavy atom. The summed E-state index contributed by atoms with van der Waals surface area (Å²) in [4.78, 5) is 2.09. The van der Waals surface area contributed by atoms with Crippen LogP contribution in [0, 0.1) is 0 Å². The normalized spacial score (nSPS) is 10.1. The Morgan fingerprint density at radius 1 is 1.47 bits per heavy atom. The lowest BCUT2D eigenvalue weighted by Crippen LogP contribution is -2.21. The standard InChI is InChI=1S/C11H17ClN2O/c1-14(7-3-6-13)11-5-4-9(15-2)8-10(11)12/h4-5,8H,3,6-7,13H2,1-2H3. The van der Waals surface area contributed by atoms with Crippen LogP contribution in [0.4, 0.5) is 5.69 Å². The molecule has 1 rings (SSSR count). The van der Waals surface area contributed by atoms with Crippen LogP contribution >= 0.6 is 11.6 Å². The highest BCUT2D eigenvalue weighted by atomic mass is 35.5. The molecule has 0 unspecified atom stereocenters. The van der Waals surface area contributed by atoms with Crippen LogP contribution in [0.5, 0.6) is 5.75 Å². The molecule has 0 aliphatic carbocycles. The Balaban J connectivity index is 2.76. The van der Waals surface area contributed by atoms with E-state index in [1.54, 1.807) is 7.11 Å². The summed E-state index contributed by atoms with van der Waals surface area (Å²) in [6.45, 7) is 1.60. The largest absolute Gasteiger partial charge is 0.497 e. The maximum absolute atomic E-state index is 6.13. The van der Waals surface area contributed by atoms with Crippen LogP contribution in [0.2, 0.25) is 5.02 Å². The van der Waals surface area contributed by atoms with Gasteiger partial charge in [0.2, 0.25) is 0 Å². The highest BCUT2D eigenvalue weighted by Crippen LogP contribution is 2.28. The topological polar surface area (TPSA) is 38.5 Å². The second-order valence-corrected chi connectivity index (χ2v) is 3.79. The van der Waals surface area contributed by atoms with Crippen molar-refractivity contribution in [3.8, 4) is 5.75 Å². The van der Waals surface area contributed by atoms with Crippen molar-refractivity contribution in [1.82, 2.24) is 0 Å². The van der Waals surface area contributed by atoms with E-state index in [1.807, 2.05) is 25.2 Å². The third kappa shape index (κ3) is 3.29. The average Bonchev–Trinajstić information content (AvgIpc) is 2.25. The van der Waals surface area contributed by atoms with Gasteiger partial charge in [0.15, 0.2) is 0 Å². The first-order valence-electron chi connectivity index (χ1n) is 4.93. The molecule has 84 valence electrons. The molecule has 0 aliphatic heterocycles. The van der Waals surface area contributed by atoms with Gasteiger partial charge in [0.25, 0.3) is 0 Å². The Bertz CT molecular complexity index is 317. The molecule has 0 bridgehead atoms. The lowest BCUT2D eigenvalue weighted by atomic mass is 10.2. The van der Waals surface area contributed by atoms with Gasteiger partial charge in [-0.25, -0.2) is 0 Å². The van der Waals surface area contributed by atoms with E-state index in [9.17, 15) is 0 Å². The summed E-state index contributed by atoms with van der Waals surface area (Å²) in [7, 11) is 3.63. The fourth-order valence-corrected chi connectivity index (χ4v) is 1.69. The predicted molar refractivity (Wildman–Crippen MR) is 64.9 cm³/mol. The molecular weight excluding hydrogens is 212 g/mol. The highest BCUT2D eigenvalue weighted by molar-refractivity contribution is 6.33. The van der Waals surface area contributed by atoms with E-state index in [0.29, 0.717) is 11.6 Å². The summed E-state index contributed by atoms with van der Waals surface area (Å²) < 4.78 is 5.09. The van der Waals surface area contributed by atoms with Gasteiger partial charge in [-0.3, -0.25) is 0 Å². The molecule has 3 nitrogen and oxygen atoms in total. The van der Waals surface area contributed by atoms with Crippen molar-refractivity contribution in [1.29, 1.82) is 0 Å². The summed E-state index contributed by atoms with van der Waals surface area (Å²) >= 11 is 6.13. The first kappa shape index (κ1) is 12.1. The monoisotopic (exact) mass is 228 g/mol. The summed E-state index contributed by atoms with van der Waals surface area (Å²) in [5, 5.41) is 0.703. The van der Waals surface area contributed by atoms with E-state index in [1.165, 1.54) is 0 Å². The van der Waals surface area contributed by atoms with Crippen LogP contribution in [-0.2, 0) is 0 Å². The molecule has 0 aliphatic rings. The number of rotatable bonds is 5. The molecule has 0 heterocycles. The minimum absolute atomic E-state index is 0.693. The summed E-state index contributed by atoms with van der Waals surface area (Å²) in [6.07, 6.45) is 0.957. The SMILES string of the molecule is COc1ccc(N(C)CCCN)c(Cl)c1. The Kier molecular flexibility index (Phi) is 4.72. The van der Waals surface area contributed by atoms with Crippen LogP contribution in [-0.4, -0.2) is 27.2 Å². The number of ether oxygens (including phenoxy) is 1. The van der Waals surface area contributed by atoms with Gasteiger partial charge >= 0.3 is 0 Å². The first-order valence-corrected chi connectivity index (χ1v) is 5.31. The lowest BCUT2D eigenvalue weighted by molar-refractivity contribution is 0.415. The van der Waals surface area contributed by atoms with Crippen LogP contribution in [0.3, 0.4) is 0 Å². The Labute approximate surface area is 95.8 Å². The van der Waals surface area contributed by atoms with E-state index >= 15 is 0 Å². The van der Waals surface area contributed by atoms with Crippen molar-refractivity contribution in [2.45, 2.75) is 6.42 Å². The average molecular weight is 229 g/mol. The number of nitrogens with zero attached hydrogens (tertiary/aromatic N) is 1. The van der Waals surface area contributed by atoms with Crippen molar-refractivity contribution in [3.63, 3.8) is 0 Å². The third-order valence-corrected chi connectivity index (χ3v) is 2.57. The van der Waals surface area contributed by atoms with E-state index in [4.69, 9.17) is 22.1 Å². The van der Waals surface area contributed by atoms with Gasteiger partial charge in [0, 0.05) is 19.7 Å². The van der Waals surface area contributed by atoms with Gasteiger partial charge < -0.3 is 15.4 Å². The van der Waals surface area contributed by atoms with Gasteiger partial charge in [-0.05, 0) is 25.1 Å². The van der Waals surface area contributed by atoms with Crippen molar-refractivity contribution >= 4 is 17.3 Å². The third-order valence-electron chi connectivity index (χ3n) is 2.26. The zero-order valence-electron chi connectivity index (χ0n) is 9.16. The van der Waals surface area contributed by atoms with Crippen LogP contribution in [0.25, 0.3) is 0 Å². The summed E-state index contributed by atoms with van der Waals surface area (Å²) in [5.41, 5.74) is 6.46. The van der Waals surface area contributed by atoms with E-state index < -0.39 is 0 Å². The van der Waals surface area contributed by atoms with Crippen LogP contribution in [0.15, 0.2) is 18.2 Å². The zero-order valence-corrected chi connectivity index (χ0v) is 9.92. The van der Waals surface area contributed by atoms with E-state index in [2.05, 4.69) is 4.90 Å². The first-order chi connectivity index (χ1) is 7.19. The molecule has 0 fully saturated rings. The van der Waals surface area contributed by atoms with Crippen molar-refractivity contribution < 1.29 is 4.74 Å². The second kappa shape index (κ2) is 5.83. The Hall–Kier alpha value is -0.930. The quantitative estimate of drug-likeness (QED) is 0.839. The molecular formula is C11H17ClN2O. The fraction of sp³-hybridized carbons (Fsp3) is 0.455.